The van der Waals surface area contributed by atoms with Crippen molar-refractivity contribution in [2.45, 2.75) is 26.9 Å². The predicted molar refractivity (Wildman–Crippen MR) is 87.5 cm³/mol. The van der Waals surface area contributed by atoms with Crippen LogP contribution < -0.4 is 4.74 Å². The van der Waals surface area contributed by atoms with Gasteiger partial charge < -0.3 is 9.47 Å². The van der Waals surface area contributed by atoms with E-state index in [9.17, 15) is 9.59 Å². The maximum atomic E-state index is 12.4. The van der Waals surface area contributed by atoms with Crippen molar-refractivity contribution < 1.29 is 19.1 Å². The summed E-state index contributed by atoms with van der Waals surface area (Å²) < 4.78 is 11.4. The lowest BCUT2D eigenvalue weighted by Crippen LogP contribution is -2.29. The van der Waals surface area contributed by atoms with Gasteiger partial charge >= 0.3 is 5.97 Å². The number of Topliss-reactive ketones (excluding diaryl/α,β-unsaturated/α-hetero) is 1. The summed E-state index contributed by atoms with van der Waals surface area (Å²) in [5, 5.41) is 0. The molecule has 1 aliphatic rings. The molecule has 1 aliphatic heterocycles. The number of ketones is 1. The van der Waals surface area contributed by atoms with Crippen molar-refractivity contribution in [3.05, 3.63) is 21.3 Å². The number of carbonyl (C=O) groups is 2. The zero-order valence-electron chi connectivity index (χ0n) is 12.1. The van der Waals surface area contributed by atoms with Gasteiger partial charge in [-0.25, -0.2) is 0 Å². The number of hydrogen-bond acceptors (Lipinski definition) is 5. The lowest BCUT2D eigenvalue weighted by atomic mass is 9.94. The highest BCUT2D eigenvalue weighted by atomic mass is 127. The fourth-order valence-corrected chi connectivity index (χ4v) is 2.58. The van der Waals surface area contributed by atoms with Gasteiger partial charge in [0, 0.05) is 17.8 Å². The van der Waals surface area contributed by atoms with Crippen LogP contribution in [-0.2, 0) is 9.53 Å². The molecule has 0 saturated heterocycles. The third-order valence-corrected chi connectivity index (χ3v) is 3.71. The van der Waals surface area contributed by atoms with Crippen LogP contribution in [0, 0.1) is 9.49 Å². The molecule has 1 heterocycles. The van der Waals surface area contributed by atoms with Crippen molar-refractivity contribution >= 4 is 46.2 Å². The first kappa shape index (κ1) is 15.9. The van der Waals surface area contributed by atoms with E-state index >= 15 is 0 Å². The van der Waals surface area contributed by atoms with E-state index in [1.165, 1.54) is 6.21 Å². The fourth-order valence-electron chi connectivity index (χ4n) is 1.98. The van der Waals surface area contributed by atoms with Crippen LogP contribution in [0.2, 0.25) is 0 Å². The van der Waals surface area contributed by atoms with Gasteiger partial charge in [-0.3, -0.25) is 14.6 Å². The summed E-state index contributed by atoms with van der Waals surface area (Å²) in [6.07, 6.45) is 1.38. The summed E-state index contributed by atoms with van der Waals surface area (Å²) in [4.78, 5) is 28.3. The lowest BCUT2D eigenvalue weighted by molar-refractivity contribution is -0.143. The zero-order valence-corrected chi connectivity index (χ0v) is 14.2. The van der Waals surface area contributed by atoms with Gasteiger partial charge in [-0.1, -0.05) is 0 Å². The van der Waals surface area contributed by atoms with Crippen molar-refractivity contribution in [3.63, 3.8) is 0 Å². The van der Waals surface area contributed by atoms with Crippen LogP contribution in [0.4, 0.5) is 5.69 Å². The lowest BCUT2D eigenvalue weighted by Gasteiger charge is -2.19. The Kier molecular flexibility index (Phi) is 4.97. The molecule has 1 atom stereocenters. The van der Waals surface area contributed by atoms with E-state index in [0.29, 0.717) is 17.0 Å². The van der Waals surface area contributed by atoms with Crippen molar-refractivity contribution in [1.29, 1.82) is 0 Å². The zero-order chi connectivity index (χ0) is 15.6. The molecule has 0 amide bonds. The molecular formula is C15H16INO4. The van der Waals surface area contributed by atoms with Crippen LogP contribution in [0.1, 0.15) is 31.1 Å². The number of nitrogens with zero attached hydrogens (tertiary/aromatic N) is 1. The van der Waals surface area contributed by atoms with E-state index in [2.05, 4.69) is 27.6 Å². The molecule has 0 aromatic heterocycles. The summed E-state index contributed by atoms with van der Waals surface area (Å²) >= 11 is 2.11. The molecule has 0 saturated carbocycles. The quantitative estimate of drug-likeness (QED) is 0.442. The van der Waals surface area contributed by atoms with Gasteiger partial charge in [0.05, 0.1) is 22.0 Å². The average Bonchev–Trinajstić information content (AvgIpc) is 2.40. The fraction of sp³-hybridized carbons (Fsp3) is 0.400. The standard InChI is InChI=1S/C15H16INO4/c1-4-20-15(19)10-7-17-12-6-13(21-8(2)3)11(16)5-9(12)14(10)18/h5-8,10H,4H2,1-3H3. The van der Waals surface area contributed by atoms with Crippen molar-refractivity contribution in [2.75, 3.05) is 6.61 Å². The Morgan fingerprint density at radius 2 is 2.14 bits per heavy atom. The summed E-state index contributed by atoms with van der Waals surface area (Å²) in [6.45, 7) is 5.80. The van der Waals surface area contributed by atoms with E-state index in [0.717, 1.165) is 3.57 Å². The smallest absolute Gasteiger partial charge is 0.322 e. The maximum Gasteiger partial charge on any atom is 0.322 e. The molecule has 1 aromatic carbocycles. The Morgan fingerprint density at radius 3 is 2.76 bits per heavy atom. The summed E-state index contributed by atoms with van der Waals surface area (Å²) in [5.41, 5.74) is 0.952. The van der Waals surface area contributed by atoms with Crippen molar-refractivity contribution in [1.82, 2.24) is 0 Å². The van der Waals surface area contributed by atoms with Crippen LogP contribution in [0.15, 0.2) is 17.1 Å². The van der Waals surface area contributed by atoms with Crippen LogP contribution in [-0.4, -0.2) is 30.7 Å². The second-order valence-electron chi connectivity index (χ2n) is 4.84. The number of halogens is 1. The van der Waals surface area contributed by atoms with E-state index < -0.39 is 11.9 Å². The van der Waals surface area contributed by atoms with Gasteiger partial charge in [0.1, 0.15) is 5.75 Å². The molecule has 0 spiro atoms. The molecule has 0 radical (unpaired) electrons. The van der Waals surface area contributed by atoms with Crippen LogP contribution in [0.3, 0.4) is 0 Å². The Bertz CT molecular complexity index is 610. The summed E-state index contributed by atoms with van der Waals surface area (Å²) in [7, 11) is 0. The summed E-state index contributed by atoms with van der Waals surface area (Å²) in [6, 6.07) is 3.44. The first-order valence-electron chi connectivity index (χ1n) is 6.69. The minimum absolute atomic E-state index is 0.0344. The number of esters is 1. The second kappa shape index (κ2) is 6.55. The molecular weight excluding hydrogens is 385 g/mol. The Labute approximate surface area is 136 Å². The van der Waals surface area contributed by atoms with Gasteiger partial charge in [-0.05, 0) is 49.4 Å². The molecule has 0 aliphatic carbocycles. The SMILES string of the molecule is CCOC(=O)C1C=Nc2cc(OC(C)C)c(I)cc2C1=O. The Hall–Kier alpha value is -1.44. The molecule has 0 fully saturated rings. The summed E-state index contributed by atoms with van der Waals surface area (Å²) in [5.74, 6) is -1.11. The van der Waals surface area contributed by atoms with Gasteiger partial charge in [-0.15, -0.1) is 0 Å². The first-order chi connectivity index (χ1) is 9.93. The van der Waals surface area contributed by atoms with Crippen molar-refractivity contribution in [3.8, 4) is 5.75 Å². The molecule has 112 valence electrons. The van der Waals surface area contributed by atoms with E-state index in [4.69, 9.17) is 9.47 Å². The normalized spacial score (nSPS) is 16.8. The van der Waals surface area contributed by atoms with Crippen molar-refractivity contribution in [2.24, 2.45) is 10.9 Å². The monoisotopic (exact) mass is 401 g/mol. The molecule has 1 unspecified atom stereocenters. The van der Waals surface area contributed by atoms with Gasteiger partial charge in [0.2, 0.25) is 0 Å². The highest BCUT2D eigenvalue weighted by Gasteiger charge is 2.32. The number of fused-ring (bicyclic) bond motifs is 1. The molecule has 6 heteroatoms. The third-order valence-electron chi connectivity index (χ3n) is 2.86. The van der Waals surface area contributed by atoms with Crippen LogP contribution in [0.25, 0.3) is 0 Å². The van der Waals surface area contributed by atoms with Crippen LogP contribution in [0.5, 0.6) is 5.75 Å². The van der Waals surface area contributed by atoms with E-state index in [1.807, 2.05) is 13.8 Å². The third kappa shape index (κ3) is 3.42. The number of carbonyl (C=O) groups excluding carboxylic acids is 2. The van der Waals surface area contributed by atoms with Gasteiger partial charge in [-0.2, -0.15) is 0 Å². The molecule has 1 aromatic rings. The topological polar surface area (TPSA) is 65.0 Å². The Balaban J connectivity index is 2.35. The molecule has 5 nitrogen and oxygen atoms in total. The van der Waals surface area contributed by atoms with Crippen LogP contribution >= 0.6 is 22.6 Å². The van der Waals surface area contributed by atoms with E-state index in [-0.39, 0.29) is 18.5 Å². The Morgan fingerprint density at radius 1 is 1.43 bits per heavy atom. The number of ether oxygens (including phenoxy) is 2. The highest BCUT2D eigenvalue weighted by Crippen LogP contribution is 2.34. The molecule has 0 bridgehead atoms. The minimum atomic E-state index is -0.954. The predicted octanol–water partition coefficient (Wildman–Crippen LogP) is 3.16. The average molecular weight is 401 g/mol. The molecule has 2 rings (SSSR count). The molecule has 21 heavy (non-hydrogen) atoms. The van der Waals surface area contributed by atoms with E-state index in [1.54, 1.807) is 19.1 Å². The number of benzene rings is 1. The first-order valence-corrected chi connectivity index (χ1v) is 7.77. The highest BCUT2D eigenvalue weighted by molar-refractivity contribution is 14.1. The largest absolute Gasteiger partial charge is 0.490 e. The number of aliphatic imine (C=N–C) groups is 1. The maximum absolute atomic E-state index is 12.4. The van der Waals surface area contributed by atoms with Gasteiger partial charge in [0.15, 0.2) is 11.7 Å². The number of rotatable bonds is 4. The molecule has 0 N–H and O–H groups in total. The minimum Gasteiger partial charge on any atom is -0.490 e. The van der Waals surface area contributed by atoms with Gasteiger partial charge in [0.25, 0.3) is 0 Å². The second-order valence-corrected chi connectivity index (χ2v) is 6.00. The number of hydrogen-bond donors (Lipinski definition) is 0.